The molecule has 2 nitrogen and oxygen atoms in total. The van der Waals surface area contributed by atoms with Gasteiger partial charge in [0.2, 0.25) is 0 Å². The molecule has 3 heteroatoms. The Morgan fingerprint density at radius 1 is 1.33 bits per heavy atom. The Morgan fingerprint density at radius 3 is 2.73 bits per heavy atom. The maximum absolute atomic E-state index is 4.38. The van der Waals surface area contributed by atoms with Crippen molar-refractivity contribution in [1.29, 1.82) is 0 Å². The molecule has 0 saturated heterocycles. The second-order valence-corrected chi connectivity index (χ2v) is 4.20. The Balaban J connectivity index is 2.49. The van der Waals surface area contributed by atoms with Gasteiger partial charge >= 0.3 is 0 Å². The van der Waals surface area contributed by atoms with E-state index in [0.29, 0.717) is 0 Å². The molecule has 0 atom stereocenters. The highest BCUT2D eigenvalue weighted by atomic mass is 79.9. The first-order valence-electron chi connectivity index (χ1n) is 4.89. The summed E-state index contributed by atoms with van der Waals surface area (Å²) in [7, 11) is 0. The number of hydrogen-bond acceptors (Lipinski definition) is 1. The molecule has 0 aliphatic heterocycles. The normalized spacial score (nSPS) is 10.6. The summed E-state index contributed by atoms with van der Waals surface area (Å²) < 4.78 is 1.98. The van der Waals surface area contributed by atoms with E-state index < -0.39 is 0 Å². The van der Waals surface area contributed by atoms with Gasteiger partial charge in [-0.25, -0.2) is 4.68 Å². The Kier molecular flexibility index (Phi) is 2.91. The van der Waals surface area contributed by atoms with Crippen molar-refractivity contribution in [1.82, 2.24) is 9.78 Å². The highest BCUT2D eigenvalue weighted by Gasteiger charge is 2.06. The molecule has 15 heavy (non-hydrogen) atoms. The highest BCUT2D eigenvalue weighted by Crippen LogP contribution is 2.16. The van der Waals surface area contributed by atoms with Gasteiger partial charge in [-0.15, -0.1) is 0 Å². The first kappa shape index (κ1) is 10.4. The van der Waals surface area contributed by atoms with Crippen molar-refractivity contribution in [2.24, 2.45) is 0 Å². The fourth-order valence-corrected chi connectivity index (χ4v) is 2.15. The number of aryl methyl sites for hydroxylation is 1. The van der Waals surface area contributed by atoms with E-state index in [2.05, 4.69) is 59.1 Å². The van der Waals surface area contributed by atoms with Crippen LogP contribution in [0.25, 0.3) is 5.69 Å². The van der Waals surface area contributed by atoms with E-state index in [1.807, 2.05) is 10.9 Å². The van der Waals surface area contributed by atoms with Crippen molar-refractivity contribution in [3.63, 3.8) is 0 Å². The van der Waals surface area contributed by atoms with Crippen molar-refractivity contribution in [2.75, 3.05) is 0 Å². The van der Waals surface area contributed by atoms with E-state index in [1.54, 1.807) is 0 Å². The van der Waals surface area contributed by atoms with Crippen LogP contribution >= 0.6 is 15.9 Å². The van der Waals surface area contributed by atoms with Crippen LogP contribution in [0.3, 0.4) is 0 Å². The lowest BCUT2D eigenvalue weighted by atomic mass is 10.2. The van der Waals surface area contributed by atoms with Crippen LogP contribution in [-0.4, -0.2) is 9.78 Å². The predicted octanol–water partition coefficient (Wildman–Crippen LogP) is 3.38. The van der Waals surface area contributed by atoms with Crippen molar-refractivity contribution in [3.8, 4) is 5.69 Å². The second-order valence-electron chi connectivity index (χ2n) is 3.64. The summed E-state index contributed by atoms with van der Waals surface area (Å²) in [5.74, 6) is 0. The molecule has 0 saturated carbocycles. The molecule has 0 aliphatic rings. The SMILES string of the molecule is Cc1cccc(-n2ncc(CBr)c2C)c1. The molecule has 2 aromatic rings. The lowest BCUT2D eigenvalue weighted by Crippen LogP contribution is -1.99. The van der Waals surface area contributed by atoms with Gasteiger partial charge in [-0.05, 0) is 31.5 Å². The van der Waals surface area contributed by atoms with Gasteiger partial charge in [-0.2, -0.15) is 5.10 Å². The van der Waals surface area contributed by atoms with Gasteiger partial charge in [0.25, 0.3) is 0 Å². The zero-order valence-electron chi connectivity index (χ0n) is 8.87. The van der Waals surface area contributed by atoms with E-state index >= 15 is 0 Å². The van der Waals surface area contributed by atoms with Gasteiger partial charge in [0, 0.05) is 16.6 Å². The monoisotopic (exact) mass is 264 g/mol. The quantitative estimate of drug-likeness (QED) is 0.761. The molecule has 0 radical (unpaired) electrons. The number of nitrogens with zero attached hydrogens (tertiary/aromatic N) is 2. The third-order valence-corrected chi connectivity index (χ3v) is 3.11. The number of alkyl halides is 1. The summed E-state index contributed by atoms with van der Waals surface area (Å²) in [6, 6.07) is 8.36. The smallest absolute Gasteiger partial charge is 0.0651 e. The Morgan fingerprint density at radius 2 is 2.13 bits per heavy atom. The van der Waals surface area contributed by atoms with Crippen LogP contribution in [0.5, 0.6) is 0 Å². The van der Waals surface area contributed by atoms with E-state index in [9.17, 15) is 0 Å². The first-order chi connectivity index (χ1) is 7.22. The molecular weight excluding hydrogens is 252 g/mol. The number of halogens is 1. The molecule has 1 aromatic carbocycles. The van der Waals surface area contributed by atoms with Gasteiger partial charge in [-0.3, -0.25) is 0 Å². The highest BCUT2D eigenvalue weighted by molar-refractivity contribution is 9.08. The fourth-order valence-electron chi connectivity index (χ4n) is 1.59. The number of benzene rings is 1. The van der Waals surface area contributed by atoms with Crippen LogP contribution in [0.4, 0.5) is 0 Å². The van der Waals surface area contributed by atoms with Gasteiger partial charge < -0.3 is 0 Å². The number of rotatable bonds is 2. The van der Waals surface area contributed by atoms with Crippen LogP contribution in [-0.2, 0) is 5.33 Å². The Bertz CT molecular complexity index is 474. The minimum absolute atomic E-state index is 0.852. The lowest BCUT2D eigenvalue weighted by Gasteiger charge is -2.05. The molecule has 0 amide bonds. The molecule has 2 rings (SSSR count). The summed E-state index contributed by atoms with van der Waals surface area (Å²) in [5, 5.41) is 5.24. The van der Waals surface area contributed by atoms with Crippen molar-refractivity contribution in [2.45, 2.75) is 19.2 Å². The van der Waals surface area contributed by atoms with E-state index in [1.165, 1.54) is 16.8 Å². The lowest BCUT2D eigenvalue weighted by molar-refractivity contribution is 0.844. The molecule has 0 spiro atoms. The van der Waals surface area contributed by atoms with Crippen LogP contribution in [0.1, 0.15) is 16.8 Å². The molecule has 78 valence electrons. The second kappa shape index (κ2) is 4.19. The summed E-state index contributed by atoms with van der Waals surface area (Å²) in [5.41, 5.74) is 4.80. The average molecular weight is 265 g/mol. The van der Waals surface area contributed by atoms with Crippen LogP contribution in [0.2, 0.25) is 0 Å². The van der Waals surface area contributed by atoms with Gasteiger partial charge in [0.1, 0.15) is 0 Å². The van der Waals surface area contributed by atoms with Gasteiger partial charge in [0.05, 0.1) is 11.9 Å². The summed E-state index contributed by atoms with van der Waals surface area (Å²) >= 11 is 3.46. The van der Waals surface area contributed by atoms with E-state index in [0.717, 1.165) is 11.0 Å². The van der Waals surface area contributed by atoms with Crippen molar-refractivity contribution < 1.29 is 0 Å². The summed E-state index contributed by atoms with van der Waals surface area (Å²) in [4.78, 5) is 0. The summed E-state index contributed by atoms with van der Waals surface area (Å²) in [6.07, 6.45) is 1.91. The van der Waals surface area contributed by atoms with E-state index in [4.69, 9.17) is 0 Å². The van der Waals surface area contributed by atoms with Gasteiger partial charge in [-0.1, -0.05) is 28.1 Å². The van der Waals surface area contributed by atoms with Gasteiger partial charge in [0.15, 0.2) is 0 Å². The third-order valence-electron chi connectivity index (χ3n) is 2.50. The van der Waals surface area contributed by atoms with Crippen LogP contribution in [0.15, 0.2) is 30.5 Å². The first-order valence-corrected chi connectivity index (χ1v) is 6.01. The molecule has 0 N–H and O–H groups in total. The molecular formula is C12H13BrN2. The predicted molar refractivity (Wildman–Crippen MR) is 65.7 cm³/mol. The Labute approximate surface area is 98.1 Å². The molecule has 0 bridgehead atoms. The molecule has 0 unspecified atom stereocenters. The maximum atomic E-state index is 4.38. The fraction of sp³-hybridized carbons (Fsp3) is 0.250. The molecule has 0 aliphatic carbocycles. The zero-order chi connectivity index (χ0) is 10.8. The van der Waals surface area contributed by atoms with Crippen molar-refractivity contribution in [3.05, 3.63) is 47.3 Å². The Hall–Kier alpha value is -1.09. The molecule has 0 fully saturated rings. The van der Waals surface area contributed by atoms with Crippen LogP contribution < -0.4 is 0 Å². The van der Waals surface area contributed by atoms with Crippen molar-refractivity contribution >= 4 is 15.9 Å². The average Bonchev–Trinajstić information content (AvgIpc) is 2.59. The topological polar surface area (TPSA) is 17.8 Å². The largest absolute Gasteiger partial charge is 0.238 e. The summed E-state index contributed by atoms with van der Waals surface area (Å²) in [6.45, 7) is 4.18. The molecule has 1 heterocycles. The zero-order valence-corrected chi connectivity index (χ0v) is 10.5. The maximum Gasteiger partial charge on any atom is 0.0651 e. The molecule has 1 aromatic heterocycles. The van der Waals surface area contributed by atoms with Crippen LogP contribution in [0, 0.1) is 13.8 Å². The number of aromatic nitrogens is 2. The van der Waals surface area contributed by atoms with E-state index in [-0.39, 0.29) is 0 Å². The number of hydrogen-bond donors (Lipinski definition) is 0. The third kappa shape index (κ3) is 1.97. The minimum atomic E-state index is 0.852. The minimum Gasteiger partial charge on any atom is -0.238 e. The standard InChI is InChI=1S/C12H13BrN2/c1-9-4-3-5-12(6-9)15-10(2)11(7-13)8-14-15/h3-6,8H,7H2,1-2H3.